The second-order valence-electron chi connectivity index (χ2n) is 8.12. The van der Waals surface area contributed by atoms with Crippen LogP contribution in [0.15, 0.2) is 54.6 Å². The van der Waals surface area contributed by atoms with Crippen molar-refractivity contribution in [1.82, 2.24) is 4.90 Å². The zero-order valence-electron chi connectivity index (χ0n) is 16.9. The maximum Gasteiger partial charge on any atom is 0.119 e. The number of benzene rings is 2. The van der Waals surface area contributed by atoms with Gasteiger partial charge in [-0.05, 0) is 56.6 Å². The lowest BCUT2D eigenvalue weighted by atomic mass is 9.70. The van der Waals surface area contributed by atoms with Gasteiger partial charge in [0.05, 0.1) is 12.7 Å². The van der Waals surface area contributed by atoms with Gasteiger partial charge in [-0.25, -0.2) is 0 Å². The van der Waals surface area contributed by atoms with Crippen molar-refractivity contribution < 1.29 is 9.84 Å². The number of hydrogen-bond donors (Lipinski definition) is 1. The molecule has 0 aromatic heterocycles. The van der Waals surface area contributed by atoms with Crippen LogP contribution >= 0.6 is 0 Å². The summed E-state index contributed by atoms with van der Waals surface area (Å²) in [5.74, 6) is 1.00. The molecule has 0 bridgehead atoms. The van der Waals surface area contributed by atoms with Gasteiger partial charge in [0.15, 0.2) is 0 Å². The van der Waals surface area contributed by atoms with E-state index in [0.717, 1.165) is 37.9 Å². The lowest BCUT2D eigenvalue weighted by Crippen LogP contribution is -2.40. The van der Waals surface area contributed by atoms with Crippen molar-refractivity contribution in [3.8, 4) is 5.75 Å². The molecule has 1 aliphatic rings. The number of methoxy groups -OCH3 is 1. The Morgan fingerprint density at radius 3 is 2.26 bits per heavy atom. The molecule has 0 heterocycles. The van der Waals surface area contributed by atoms with Gasteiger partial charge in [-0.2, -0.15) is 0 Å². The Balaban J connectivity index is 1.95. The van der Waals surface area contributed by atoms with Crippen LogP contribution < -0.4 is 4.74 Å². The molecule has 146 valence electrons. The summed E-state index contributed by atoms with van der Waals surface area (Å²) in [7, 11) is 5.95. The third-order valence-corrected chi connectivity index (χ3v) is 6.13. The van der Waals surface area contributed by atoms with Crippen LogP contribution in [0, 0.1) is 0 Å². The first-order valence-corrected chi connectivity index (χ1v) is 10.1. The van der Waals surface area contributed by atoms with Crippen LogP contribution in [0.3, 0.4) is 0 Å². The molecule has 3 rings (SSSR count). The molecule has 1 N–H and O–H groups in total. The van der Waals surface area contributed by atoms with Crippen LogP contribution in [0.25, 0.3) is 0 Å². The molecule has 2 aromatic carbocycles. The number of nitrogens with zero attached hydrogens (tertiary/aromatic N) is 1. The van der Waals surface area contributed by atoms with E-state index < -0.39 is 5.60 Å². The number of hydrogen-bond acceptors (Lipinski definition) is 3. The molecule has 0 aliphatic heterocycles. The summed E-state index contributed by atoms with van der Waals surface area (Å²) in [5.41, 5.74) is 1.86. The molecule has 1 aliphatic carbocycles. The van der Waals surface area contributed by atoms with E-state index in [-0.39, 0.29) is 12.0 Å². The normalized spacial score (nSPS) is 18.9. The quantitative estimate of drug-likeness (QED) is 0.733. The van der Waals surface area contributed by atoms with Crippen LogP contribution in [0.2, 0.25) is 0 Å². The molecular weight excluding hydrogens is 334 g/mol. The van der Waals surface area contributed by atoms with Crippen LogP contribution in [0.1, 0.15) is 61.6 Å². The van der Waals surface area contributed by atoms with Gasteiger partial charge in [0.25, 0.3) is 0 Å². The fraction of sp³-hybridized carbons (Fsp3) is 0.500. The maximum absolute atomic E-state index is 11.6. The molecule has 0 amide bonds. The first-order chi connectivity index (χ1) is 13.0. The summed E-state index contributed by atoms with van der Waals surface area (Å²) in [6.07, 6.45) is 6.14. The van der Waals surface area contributed by atoms with Gasteiger partial charge in [0.2, 0.25) is 0 Å². The monoisotopic (exact) mass is 367 g/mol. The Hall–Kier alpha value is -1.84. The predicted octanol–water partition coefficient (Wildman–Crippen LogP) is 5.17. The highest BCUT2D eigenvalue weighted by Gasteiger charge is 2.40. The lowest BCUT2D eigenvalue weighted by molar-refractivity contribution is -0.0298. The minimum Gasteiger partial charge on any atom is -0.497 e. The van der Waals surface area contributed by atoms with Crippen molar-refractivity contribution in [2.75, 3.05) is 21.2 Å². The Morgan fingerprint density at radius 1 is 0.963 bits per heavy atom. The summed E-state index contributed by atoms with van der Waals surface area (Å²) in [5, 5.41) is 11.6. The van der Waals surface area contributed by atoms with E-state index in [4.69, 9.17) is 4.74 Å². The first kappa shape index (κ1) is 19.9. The average Bonchev–Trinajstić information content (AvgIpc) is 2.69. The van der Waals surface area contributed by atoms with E-state index in [2.05, 4.69) is 67.5 Å². The van der Waals surface area contributed by atoms with E-state index in [0.29, 0.717) is 0 Å². The van der Waals surface area contributed by atoms with Gasteiger partial charge in [-0.1, -0.05) is 61.7 Å². The Kier molecular flexibility index (Phi) is 6.56. The van der Waals surface area contributed by atoms with Crippen molar-refractivity contribution in [2.24, 2.45) is 0 Å². The minimum atomic E-state index is -0.618. The molecule has 1 fully saturated rings. The van der Waals surface area contributed by atoms with Gasteiger partial charge in [-0.3, -0.25) is 0 Å². The first-order valence-electron chi connectivity index (χ1n) is 10.1. The standard InChI is InChI=1S/C24H33NO2/c1-25(2)23(20-13-10-14-21(17-20)27-3)18-22(19-11-6-4-7-12-19)24(26)15-8-5-9-16-24/h4,6-7,10-14,17,22-23,26H,5,8-9,15-16,18H2,1-3H3. The van der Waals surface area contributed by atoms with Gasteiger partial charge in [0.1, 0.15) is 5.75 Å². The second kappa shape index (κ2) is 8.90. The van der Waals surface area contributed by atoms with E-state index in [1.165, 1.54) is 17.5 Å². The highest BCUT2D eigenvalue weighted by atomic mass is 16.5. The fourth-order valence-electron chi connectivity index (χ4n) is 4.58. The molecule has 2 unspecified atom stereocenters. The van der Waals surface area contributed by atoms with Gasteiger partial charge in [-0.15, -0.1) is 0 Å². The summed E-state index contributed by atoms with van der Waals surface area (Å²) >= 11 is 0. The number of rotatable bonds is 7. The van der Waals surface area contributed by atoms with Crippen molar-refractivity contribution in [3.63, 3.8) is 0 Å². The third-order valence-electron chi connectivity index (χ3n) is 6.13. The van der Waals surface area contributed by atoms with Crippen molar-refractivity contribution >= 4 is 0 Å². The zero-order chi connectivity index (χ0) is 19.3. The second-order valence-corrected chi connectivity index (χ2v) is 8.12. The third kappa shape index (κ3) is 4.72. The Morgan fingerprint density at radius 2 is 1.63 bits per heavy atom. The fourth-order valence-corrected chi connectivity index (χ4v) is 4.58. The largest absolute Gasteiger partial charge is 0.497 e. The number of ether oxygens (including phenoxy) is 1. The molecule has 0 radical (unpaired) electrons. The van der Waals surface area contributed by atoms with Crippen LogP contribution in [-0.4, -0.2) is 36.8 Å². The van der Waals surface area contributed by atoms with E-state index in [1.807, 2.05) is 6.07 Å². The van der Waals surface area contributed by atoms with E-state index >= 15 is 0 Å². The van der Waals surface area contributed by atoms with Crippen molar-refractivity contribution in [2.45, 2.75) is 56.1 Å². The molecule has 2 atom stereocenters. The summed E-state index contributed by atoms with van der Waals surface area (Å²) in [6.45, 7) is 0. The van der Waals surface area contributed by atoms with Gasteiger partial charge < -0.3 is 14.7 Å². The van der Waals surface area contributed by atoms with Crippen LogP contribution in [0.5, 0.6) is 5.75 Å². The van der Waals surface area contributed by atoms with Crippen molar-refractivity contribution in [3.05, 3.63) is 65.7 Å². The molecule has 0 spiro atoms. The van der Waals surface area contributed by atoms with Crippen LogP contribution in [0.4, 0.5) is 0 Å². The molecule has 3 nitrogen and oxygen atoms in total. The van der Waals surface area contributed by atoms with Crippen LogP contribution in [-0.2, 0) is 0 Å². The van der Waals surface area contributed by atoms with Gasteiger partial charge >= 0.3 is 0 Å². The summed E-state index contributed by atoms with van der Waals surface area (Å²) in [6, 6.07) is 19.1. The molecule has 0 saturated heterocycles. The Labute approximate surface area is 164 Å². The zero-order valence-corrected chi connectivity index (χ0v) is 16.9. The minimum absolute atomic E-state index is 0.123. The highest BCUT2D eigenvalue weighted by molar-refractivity contribution is 5.32. The van der Waals surface area contributed by atoms with Crippen molar-refractivity contribution in [1.29, 1.82) is 0 Å². The van der Waals surface area contributed by atoms with E-state index in [1.54, 1.807) is 7.11 Å². The molecular formula is C24H33NO2. The molecule has 27 heavy (non-hydrogen) atoms. The summed E-state index contributed by atoms with van der Waals surface area (Å²) in [4.78, 5) is 2.26. The number of aliphatic hydroxyl groups is 1. The molecule has 3 heteroatoms. The predicted molar refractivity (Wildman–Crippen MR) is 111 cm³/mol. The SMILES string of the molecule is COc1cccc(C(CC(c2ccccc2)C2(O)CCCCC2)N(C)C)c1. The molecule has 1 saturated carbocycles. The molecule has 2 aromatic rings. The topological polar surface area (TPSA) is 32.7 Å². The average molecular weight is 368 g/mol. The van der Waals surface area contributed by atoms with E-state index in [9.17, 15) is 5.11 Å². The highest BCUT2D eigenvalue weighted by Crippen LogP contribution is 2.45. The van der Waals surface area contributed by atoms with Gasteiger partial charge in [0, 0.05) is 12.0 Å². The Bertz CT molecular complexity index is 707. The maximum atomic E-state index is 11.6. The smallest absolute Gasteiger partial charge is 0.119 e. The summed E-state index contributed by atoms with van der Waals surface area (Å²) < 4.78 is 5.44. The lowest BCUT2D eigenvalue weighted by Gasteiger charge is -2.42.